The minimum Gasteiger partial charge on any atom is -0.354 e. The van der Waals surface area contributed by atoms with Gasteiger partial charge in [0.05, 0.1) is 5.52 Å². The Labute approximate surface area is 120 Å². The summed E-state index contributed by atoms with van der Waals surface area (Å²) in [5.74, 6) is 1.11. The van der Waals surface area contributed by atoms with Crippen LogP contribution >= 0.6 is 0 Å². The summed E-state index contributed by atoms with van der Waals surface area (Å²) in [5.41, 5.74) is 8.01. The van der Waals surface area contributed by atoms with Gasteiger partial charge in [-0.05, 0) is 24.6 Å². The van der Waals surface area contributed by atoms with Crippen molar-refractivity contribution in [2.75, 3.05) is 44.2 Å². The zero-order chi connectivity index (χ0) is 13.9. The molecule has 20 heavy (non-hydrogen) atoms. The molecule has 106 valence electrons. The van der Waals surface area contributed by atoms with Crippen molar-refractivity contribution in [1.82, 2.24) is 9.88 Å². The number of benzene rings is 1. The fourth-order valence-corrected chi connectivity index (χ4v) is 2.88. The summed E-state index contributed by atoms with van der Waals surface area (Å²) in [6.07, 6.45) is 0. The van der Waals surface area contributed by atoms with Crippen molar-refractivity contribution >= 4 is 16.7 Å². The van der Waals surface area contributed by atoms with Crippen molar-refractivity contribution in [3.05, 3.63) is 35.9 Å². The lowest BCUT2D eigenvalue weighted by molar-refractivity contribution is 0.264. The number of piperazine rings is 1. The van der Waals surface area contributed by atoms with E-state index in [0.29, 0.717) is 0 Å². The topological polar surface area (TPSA) is 45.4 Å². The first-order valence-corrected chi connectivity index (χ1v) is 7.31. The summed E-state index contributed by atoms with van der Waals surface area (Å²) < 4.78 is 0. The minimum atomic E-state index is 0.743. The van der Waals surface area contributed by atoms with Gasteiger partial charge in [-0.15, -0.1) is 0 Å². The number of pyridine rings is 1. The number of hydrogen-bond acceptors (Lipinski definition) is 4. The van der Waals surface area contributed by atoms with Crippen LogP contribution in [0.4, 0.5) is 5.82 Å². The lowest BCUT2D eigenvalue weighted by Crippen LogP contribution is -2.48. The summed E-state index contributed by atoms with van der Waals surface area (Å²) in [7, 11) is 0. The van der Waals surface area contributed by atoms with Gasteiger partial charge in [-0.2, -0.15) is 0 Å². The molecule has 3 rings (SSSR count). The molecule has 2 aromatic rings. The maximum Gasteiger partial charge on any atom is 0.129 e. The van der Waals surface area contributed by atoms with Crippen LogP contribution in [-0.2, 0) is 0 Å². The molecule has 1 fully saturated rings. The smallest absolute Gasteiger partial charge is 0.129 e. The molecule has 1 saturated heterocycles. The van der Waals surface area contributed by atoms with E-state index in [1.807, 2.05) is 0 Å². The molecule has 0 unspecified atom stereocenters. The molecule has 1 aromatic carbocycles. The van der Waals surface area contributed by atoms with Crippen LogP contribution < -0.4 is 10.6 Å². The molecule has 1 aromatic heterocycles. The Balaban J connectivity index is 1.81. The highest BCUT2D eigenvalue weighted by Crippen LogP contribution is 2.23. The number of nitrogens with zero attached hydrogens (tertiary/aromatic N) is 3. The predicted molar refractivity (Wildman–Crippen MR) is 84.2 cm³/mol. The van der Waals surface area contributed by atoms with Crippen LogP contribution in [0.5, 0.6) is 0 Å². The third-order valence-corrected chi connectivity index (χ3v) is 4.05. The maximum atomic E-state index is 5.62. The second-order valence-electron chi connectivity index (χ2n) is 5.43. The second-order valence-corrected chi connectivity index (χ2v) is 5.43. The van der Waals surface area contributed by atoms with E-state index in [1.54, 1.807) is 0 Å². The molecule has 0 amide bonds. The number of fused-ring (bicyclic) bond motifs is 1. The molecular formula is C16H22N4. The third kappa shape index (κ3) is 2.62. The van der Waals surface area contributed by atoms with Crippen molar-refractivity contribution in [1.29, 1.82) is 0 Å². The van der Waals surface area contributed by atoms with Crippen LogP contribution in [0.25, 0.3) is 10.9 Å². The fraction of sp³-hybridized carbons (Fsp3) is 0.438. The first-order chi connectivity index (χ1) is 9.78. The zero-order valence-electron chi connectivity index (χ0n) is 12.0. The fourth-order valence-electron chi connectivity index (χ4n) is 2.88. The van der Waals surface area contributed by atoms with Gasteiger partial charge in [-0.3, -0.25) is 4.90 Å². The van der Waals surface area contributed by atoms with Gasteiger partial charge in [-0.1, -0.05) is 18.2 Å². The molecule has 0 bridgehead atoms. The van der Waals surface area contributed by atoms with Gasteiger partial charge < -0.3 is 10.6 Å². The molecule has 2 N–H and O–H groups in total. The Morgan fingerprint density at radius 1 is 1.15 bits per heavy atom. The van der Waals surface area contributed by atoms with Gasteiger partial charge in [0.15, 0.2) is 0 Å². The zero-order valence-corrected chi connectivity index (χ0v) is 12.0. The number of aromatic nitrogens is 1. The quantitative estimate of drug-likeness (QED) is 0.920. The van der Waals surface area contributed by atoms with Crippen LogP contribution in [0.1, 0.15) is 5.56 Å². The summed E-state index contributed by atoms with van der Waals surface area (Å²) in [6.45, 7) is 8.12. The Kier molecular flexibility index (Phi) is 3.85. The monoisotopic (exact) mass is 270 g/mol. The van der Waals surface area contributed by atoms with Crippen LogP contribution in [0.2, 0.25) is 0 Å². The van der Waals surface area contributed by atoms with E-state index < -0.39 is 0 Å². The Morgan fingerprint density at radius 3 is 2.65 bits per heavy atom. The lowest BCUT2D eigenvalue weighted by Gasteiger charge is -2.35. The van der Waals surface area contributed by atoms with Crippen molar-refractivity contribution < 1.29 is 0 Å². The molecule has 4 nitrogen and oxygen atoms in total. The molecule has 0 aliphatic carbocycles. The molecule has 1 aliphatic rings. The molecule has 1 aliphatic heterocycles. The van der Waals surface area contributed by atoms with Crippen molar-refractivity contribution in [3.8, 4) is 0 Å². The van der Waals surface area contributed by atoms with Crippen molar-refractivity contribution in [2.24, 2.45) is 5.73 Å². The van der Waals surface area contributed by atoms with Gasteiger partial charge >= 0.3 is 0 Å². The maximum absolute atomic E-state index is 5.62. The second kappa shape index (κ2) is 5.77. The summed E-state index contributed by atoms with van der Waals surface area (Å²) in [4.78, 5) is 9.62. The Morgan fingerprint density at radius 2 is 1.90 bits per heavy atom. The predicted octanol–water partition coefficient (Wildman–Crippen LogP) is 1.62. The molecule has 0 spiro atoms. The Hall–Kier alpha value is -1.65. The normalized spacial score (nSPS) is 16.8. The van der Waals surface area contributed by atoms with Gasteiger partial charge in [0.25, 0.3) is 0 Å². The first kappa shape index (κ1) is 13.3. The van der Waals surface area contributed by atoms with E-state index in [-0.39, 0.29) is 0 Å². The summed E-state index contributed by atoms with van der Waals surface area (Å²) in [6, 6.07) is 10.6. The summed E-state index contributed by atoms with van der Waals surface area (Å²) in [5, 5.41) is 1.25. The van der Waals surface area contributed by atoms with E-state index in [9.17, 15) is 0 Å². The largest absolute Gasteiger partial charge is 0.354 e. The lowest BCUT2D eigenvalue weighted by atomic mass is 10.1. The summed E-state index contributed by atoms with van der Waals surface area (Å²) >= 11 is 0. The van der Waals surface area contributed by atoms with Crippen molar-refractivity contribution in [2.45, 2.75) is 6.92 Å². The number of aryl methyl sites for hydroxylation is 1. The number of anilines is 1. The molecule has 4 heteroatoms. The van der Waals surface area contributed by atoms with Gasteiger partial charge in [0.1, 0.15) is 5.82 Å². The highest BCUT2D eigenvalue weighted by atomic mass is 15.3. The van der Waals surface area contributed by atoms with Gasteiger partial charge in [-0.25, -0.2) is 4.98 Å². The van der Waals surface area contributed by atoms with E-state index in [4.69, 9.17) is 10.7 Å². The van der Waals surface area contributed by atoms with E-state index in [0.717, 1.165) is 50.6 Å². The number of rotatable bonds is 3. The molecule has 2 heterocycles. The average Bonchev–Trinajstić information content (AvgIpc) is 2.48. The molecule has 0 saturated carbocycles. The van der Waals surface area contributed by atoms with E-state index >= 15 is 0 Å². The molecular weight excluding hydrogens is 248 g/mol. The standard InChI is InChI=1S/C16H22N4/c1-13-12-16(18-15-5-3-2-4-14(13)15)20-10-8-19(7-6-17)9-11-20/h2-5,12H,6-11,17H2,1H3. The SMILES string of the molecule is Cc1cc(N2CCN(CCN)CC2)nc2ccccc12. The van der Waals surface area contributed by atoms with E-state index in [2.05, 4.69) is 47.1 Å². The number of hydrogen-bond donors (Lipinski definition) is 1. The van der Waals surface area contributed by atoms with Crippen LogP contribution in [0.15, 0.2) is 30.3 Å². The molecule has 0 atom stereocenters. The Bertz CT molecular complexity index is 588. The number of para-hydroxylation sites is 1. The highest BCUT2D eigenvalue weighted by molar-refractivity contribution is 5.83. The third-order valence-electron chi connectivity index (χ3n) is 4.05. The minimum absolute atomic E-state index is 0.743. The molecule has 0 radical (unpaired) electrons. The van der Waals surface area contributed by atoms with Crippen molar-refractivity contribution in [3.63, 3.8) is 0 Å². The van der Waals surface area contributed by atoms with Crippen LogP contribution in [-0.4, -0.2) is 49.2 Å². The van der Waals surface area contributed by atoms with E-state index in [1.165, 1.54) is 10.9 Å². The van der Waals surface area contributed by atoms with Crippen LogP contribution in [0.3, 0.4) is 0 Å². The van der Waals surface area contributed by atoms with Gasteiger partial charge in [0, 0.05) is 44.7 Å². The number of nitrogens with two attached hydrogens (primary N) is 1. The average molecular weight is 270 g/mol. The van der Waals surface area contributed by atoms with Gasteiger partial charge in [0.2, 0.25) is 0 Å². The highest BCUT2D eigenvalue weighted by Gasteiger charge is 2.18. The van der Waals surface area contributed by atoms with Crippen LogP contribution in [0, 0.1) is 6.92 Å². The first-order valence-electron chi connectivity index (χ1n) is 7.31.